The van der Waals surface area contributed by atoms with Crippen LogP contribution in [0.25, 0.3) is 0 Å². The average molecular weight is 434 g/mol. The van der Waals surface area contributed by atoms with Gasteiger partial charge in [-0.2, -0.15) is 0 Å². The molecular weight excluding hydrogens is 406 g/mol. The number of aliphatic hydroxyl groups is 1. The van der Waals surface area contributed by atoms with Gasteiger partial charge in [0.25, 0.3) is 0 Å². The number of amides is 3. The molecule has 32 heavy (non-hydrogen) atoms. The van der Waals surface area contributed by atoms with Crippen LogP contribution in [-0.4, -0.2) is 46.4 Å². The lowest BCUT2D eigenvalue weighted by Gasteiger charge is -2.30. The molecule has 7 heteroatoms. The fraction of sp³-hybridized carbons (Fsp3) is 0.400. The van der Waals surface area contributed by atoms with Crippen molar-refractivity contribution in [3.05, 3.63) is 65.2 Å². The van der Waals surface area contributed by atoms with Crippen molar-refractivity contribution in [3.8, 4) is 0 Å². The summed E-state index contributed by atoms with van der Waals surface area (Å²) in [6.07, 6.45) is 0.364. The molecule has 7 nitrogen and oxygen atoms in total. The van der Waals surface area contributed by atoms with E-state index in [0.29, 0.717) is 17.7 Å². The number of rotatable bonds is 5. The monoisotopic (exact) mass is 433 g/mol. The van der Waals surface area contributed by atoms with Crippen LogP contribution in [0.2, 0.25) is 0 Å². The first-order valence-corrected chi connectivity index (χ1v) is 11.2. The minimum atomic E-state index is -1.36. The summed E-state index contributed by atoms with van der Waals surface area (Å²) in [6, 6.07) is 14.6. The number of benzene rings is 2. The van der Waals surface area contributed by atoms with Crippen LogP contribution in [0, 0.1) is 11.8 Å². The Morgan fingerprint density at radius 3 is 2.50 bits per heavy atom. The molecule has 2 saturated heterocycles. The molecule has 1 spiro atoms. The van der Waals surface area contributed by atoms with Crippen LogP contribution in [0.5, 0.6) is 0 Å². The third kappa shape index (κ3) is 2.77. The van der Waals surface area contributed by atoms with Crippen molar-refractivity contribution >= 4 is 23.4 Å². The molecule has 3 aliphatic rings. The van der Waals surface area contributed by atoms with Gasteiger partial charge in [-0.25, -0.2) is 0 Å². The fourth-order valence-electron chi connectivity index (χ4n) is 5.69. The topological polar surface area (TPSA) is 98.7 Å². The summed E-state index contributed by atoms with van der Waals surface area (Å²) in [7, 11) is 0. The molecule has 5 rings (SSSR count). The number of carbonyl (C=O) groups excluding carboxylic acids is 3. The molecule has 3 aliphatic heterocycles. The van der Waals surface area contributed by atoms with E-state index in [1.54, 1.807) is 6.92 Å². The summed E-state index contributed by atoms with van der Waals surface area (Å²) in [4.78, 5) is 41.8. The summed E-state index contributed by atoms with van der Waals surface area (Å²) in [5.74, 6) is -2.69. The molecule has 2 fully saturated rings. The summed E-state index contributed by atoms with van der Waals surface area (Å²) >= 11 is 0. The van der Waals surface area contributed by atoms with Crippen LogP contribution in [0.4, 0.5) is 5.69 Å². The molecule has 166 valence electrons. The maximum Gasteiger partial charge on any atom is 0.250 e. The summed E-state index contributed by atoms with van der Waals surface area (Å²) in [5, 5.41) is 16.7. The molecule has 3 heterocycles. The van der Waals surface area contributed by atoms with Crippen molar-refractivity contribution in [1.29, 1.82) is 0 Å². The Balaban J connectivity index is 1.56. The van der Waals surface area contributed by atoms with Gasteiger partial charge in [0.2, 0.25) is 17.7 Å². The highest BCUT2D eigenvalue weighted by Gasteiger charge is 2.71. The van der Waals surface area contributed by atoms with Gasteiger partial charge in [-0.15, -0.1) is 0 Å². The molecule has 5 atom stereocenters. The van der Waals surface area contributed by atoms with Crippen molar-refractivity contribution in [1.82, 2.24) is 10.2 Å². The zero-order chi connectivity index (χ0) is 22.6. The molecule has 2 aromatic rings. The number of nitrogens with one attached hydrogen (secondary N) is 2. The van der Waals surface area contributed by atoms with Crippen molar-refractivity contribution < 1.29 is 19.5 Å². The van der Waals surface area contributed by atoms with Gasteiger partial charge in [0, 0.05) is 23.8 Å². The van der Waals surface area contributed by atoms with Crippen LogP contribution < -0.4 is 10.6 Å². The zero-order valence-electron chi connectivity index (χ0n) is 18.2. The van der Waals surface area contributed by atoms with Gasteiger partial charge >= 0.3 is 0 Å². The maximum atomic E-state index is 13.7. The van der Waals surface area contributed by atoms with E-state index in [4.69, 9.17) is 0 Å². The second-order valence-corrected chi connectivity index (χ2v) is 8.93. The van der Waals surface area contributed by atoms with E-state index in [1.165, 1.54) is 4.90 Å². The van der Waals surface area contributed by atoms with Crippen molar-refractivity contribution in [2.45, 2.75) is 44.4 Å². The fourth-order valence-corrected chi connectivity index (χ4v) is 5.69. The van der Waals surface area contributed by atoms with Gasteiger partial charge < -0.3 is 10.4 Å². The zero-order valence-corrected chi connectivity index (χ0v) is 18.2. The Hall–Kier alpha value is -3.03. The van der Waals surface area contributed by atoms with E-state index in [0.717, 1.165) is 17.5 Å². The first-order valence-electron chi connectivity index (χ1n) is 11.2. The standard InChI is InChI=1S/C25H27N3O4/c1-3-16-10-7-11-17-21(16)26-24(32)25(17)19-18(20(27-25)14(2)29)22(30)28(23(19)31)13-12-15-8-5-4-6-9-15/h4-11,14,18-20,27,29H,3,12-13H2,1-2H3,(H,26,32)/t14-,18+,19+,20-,25+/m1/s1. The van der Waals surface area contributed by atoms with Gasteiger partial charge in [-0.3, -0.25) is 24.6 Å². The molecule has 0 bridgehead atoms. The highest BCUT2D eigenvalue weighted by Crippen LogP contribution is 2.53. The van der Waals surface area contributed by atoms with Gasteiger partial charge in [-0.1, -0.05) is 55.5 Å². The van der Waals surface area contributed by atoms with Crippen molar-refractivity contribution in [3.63, 3.8) is 0 Å². The maximum absolute atomic E-state index is 13.7. The molecular formula is C25H27N3O4. The Morgan fingerprint density at radius 1 is 1.06 bits per heavy atom. The van der Waals surface area contributed by atoms with Crippen LogP contribution in [0.1, 0.15) is 30.5 Å². The second kappa shape index (κ2) is 7.53. The van der Waals surface area contributed by atoms with E-state index in [9.17, 15) is 19.5 Å². The third-order valence-corrected chi connectivity index (χ3v) is 7.23. The SMILES string of the molecule is CCc1cccc2c1NC(=O)[C@]21N[C@H]([C@@H](C)O)[C@H]2C(=O)N(CCc3ccccc3)C(=O)[C@H]21. The van der Waals surface area contributed by atoms with Gasteiger partial charge in [-0.05, 0) is 30.9 Å². The normalized spacial score (nSPS) is 29.4. The number of imide groups is 1. The smallest absolute Gasteiger partial charge is 0.250 e. The molecule has 0 aromatic heterocycles. The molecule has 3 amide bonds. The third-order valence-electron chi connectivity index (χ3n) is 7.23. The van der Waals surface area contributed by atoms with Crippen LogP contribution in [0.15, 0.2) is 48.5 Å². The van der Waals surface area contributed by atoms with E-state index >= 15 is 0 Å². The lowest BCUT2D eigenvalue weighted by Crippen LogP contribution is -2.54. The quantitative estimate of drug-likeness (QED) is 0.622. The number of nitrogens with zero attached hydrogens (tertiary/aromatic N) is 1. The molecule has 2 aromatic carbocycles. The number of hydrogen-bond donors (Lipinski definition) is 3. The Morgan fingerprint density at radius 2 is 1.81 bits per heavy atom. The molecule has 0 unspecified atom stereocenters. The van der Waals surface area contributed by atoms with Gasteiger partial charge in [0.05, 0.1) is 17.9 Å². The second-order valence-electron chi connectivity index (χ2n) is 8.93. The number of para-hydroxylation sites is 1. The lowest BCUT2D eigenvalue weighted by atomic mass is 9.76. The minimum Gasteiger partial charge on any atom is -0.392 e. The van der Waals surface area contributed by atoms with E-state index in [2.05, 4.69) is 10.6 Å². The predicted octanol–water partition coefficient (Wildman–Crippen LogP) is 1.59. The molecule has 3 N–H and O–H groups in total. The summed E-state index contributed by atoms with van der Waals surface area (Å²) in [5.41, 5.74) is 2.04. The lowest BCUT2D eigenvalue weighted by molar-refractivity contribution is -0.143. The Labute approximate surface area is 186 Å². The van der Waals surface area contributed by atoms with E-state index in [-0.39, 0.29) is 24.3 Å². The van der Waals surface area contributed by atoms with Crippen molar-refractivity contribution in [2.75, 3.05) is 11.9 Å². The Kier molecular flexibility index (Phi) is 4.91. The highest BCUT2D eigenvalue weighted by atomic mass is 16.3. The number of likely N-dealkylation sites (tertiary alicyclic amines) is 1. The first-order chi connectivity index (χ1) is 15.4. The molecule has 0 saturated carbocycles. The van der Waals surface area contributed by atoms with Crippen LogP contribution in [-0.2, 0) is 32.8 Å². The molecule has 0 radical (unpaired) electrons. The molecule has 0 aliphatic carbocycles. The number of fused-ring (bicyclic) bond motifs is 4. The van der Waals surface area contributed by atoms with E-state index in [1.807, 2.05) is 55.5 Å². The number of carbonyl (C=O) groups is 3. The van der Waals surface area contributed by atoms with Crippen molar-refractivity contribution in [2.24, 2.45) is 11.8 Å². The summed E-state index contributed by atoms with van der Waals surface area (Å²) < 4.78 is 0. The highest BCUT2D eigenvalue weighted by molar-refractivity contribution is 6.15. The number of anilines is 1. The van der Waals surface area contributed by atoms with Crippen LogP contribution in [0.3, 0.4) is 0 Å². The van der Waals surface area contributed by atoms with Crippen LogP contribution >= 0.6 is 0 Å². The first kappa shape index (κ1) is 20.8. The number of aliphatic hydroxyl groups excluding tert-OH is 1. The van der Waals surface area contributed by atoms with Gasteiger partial charge in [0.15, 0.2) is 0 Å². The van der Waals surface area contributed by atoms with Gasteiger partial charge in [0.1, 0.15) is 5.54 Å². The minimum absolute atomic E-state index is 0.251. The summed E-state index contributed by atoms with van der Waals surface area (Å²) in [6.45, 7) is 3.85. The Bertz CT molecular complexity index is 1100. The number of aryl methyl sites for hydroxylation is 1. The average Bonchev–Trinajstić information content (AvgIpc) is 3.38. The van der Waals surface area contributed by atoms with E-state index < -0.39 is 29.5 Å². The largest absolute Gasteiger partial charge is 0.392 e. The number of hydrogen-bond acceptors (Lipinski definition) is 5. The predicted molar refractivity (Wildman–Crippen MR) is 119 cm³/mol.